The van der Waals surface area contributed by atoms with Gasteiger partial charge in [0.05, 0.1) is 16.5 Å². The Balaban J connectivity index is 1.44. The number of halogens is 2. The van der Waals surface area contributed by atoms with Crippen LogP contribution < -0.4 is 22.1 Å². The molecule has 5 rings (SSSR count). The maximum absolute atomic E-state index is 13.1. The molecular weight excluding hydrogens is 608 g/mol. The van der Waals surface area contributed by atoms with E-state index in [4.69, 9.17) is 11.5 Å². The molecule has 0 aliphatic heterocycles. The molecule has 4 aromatic heterocycles. The zero-order chi connectivity index (χ0) is 26.3. The number of aromatic nitrogens is 6. The second-order valence-corrected chi connectivity index (χ2v) is 10.8. The van der Waals surface area contributed by atoms with E-state index in [1.165, 1.54) is 0 Å². The molecule has 1 aliphatic rings. The van der Waals surface area contributed by atoms with Crippen molar-refractivity contribution in [2.24, 2.45) is 18.9 Å². The fraction of sp³-hybridized carbons (Fsp3) is 0.304. The number of nitrogens with zero attached hydrogens (tertiary/aromatic N) is 3. The largest absolute Gasteiger partial charge is 0.369 e. The van der Waals surface area contributed by atoms with Crippen LogP contribution in [0.15, 0.2) is 39.7 Å². The second-order valence-electron chi connectivity index (χ2n) is 9.07. The van der Waals surface area contributed by atoms with E-state index >= 15 is 0 Å². The molecule has 0 saturated heterocycles. The van der Waals surface area contributed by atoms with E-state index in [-0.39, 0.29) is 35.5 Å². The molecular formula is C23H26Br2N10O2. The lowest BCUT2D eigenvalue weighted by molar-refractivity contribution is 0.0904. The molecule has 12 nitrogen and oxygen atoms in total. The van der Waals surface area contributed by atoms with E-state index < -0.39 is 0 Å². The van der Waals surface area contributed by atoms with Crippen LogP contribution in [0.1, 0.15) is 44.0 Å². The minimum Gasteiger partial charge on any atom is -0.369 e. The zero-order valence-electron chi connectivity index (χ0n) is 19.8. The van der Waals surface area contributed by atoms with E-state index in [1.54, 1.807) is 29.1 Å². The van der Waals surface area contributed by atoms with Crippen LogP contribution in [-0.4, -0.2) is 54.4 Å². The summed E-state index contributed by atoms with van der Waals surface area (Å²) in [6, 6.07) is 5.30. The van der Waals surface area contributed by atoms with Gasteiger partial charge in [-0.2, -0.15) is 0 Å². The summed E-state index contributed by atoms with van der Waals surface area (Å²) in [5.41, 5.74) is 15.3. The van der Waals surface area contributed by atoms with Crippen molar-refractivity contribution in [3.8, 4) is 0 Å². The molecule has 0 radical (unpaired) electrons. The lowest BCUT2D eigenvalue weighted by atomic mass is 9.71. The molecule has 4 aromatic rings. The summed E-state index contributed by atoms with van der Waals surface area (Å²) in [6.07, 6.45) is 3.97. The van der Waals surface area contributed by atoms with E-state index in [0.29, 0.717) is 36.8 Å². The monoisotopic (exact) mass is 632 g/mol. The molecule has 0 unspecified atom stereocenters. The highest BCUT2D eigenvalue weighted by molar-refractivity contribution is 9.10. The van der Waals surface area contributed by atoms with Gasteiger partial charge in [-0.1, -0.05) is 0 Å². The lowest BCUT2D eigenvalue weighted by Gasteiger charge is -2.37. The first kappa shape index (κ1) is 25.1. The summed E-state index contributed by atoms with van der Waals surface area (Å²) < 4.78 is 3.36. The number of fused-ring (bicyclic) bond motifs is 1. The number of nitrogens with one attached hydrogen (secondary N) is 5. The van der Waals surface area contributed by atoms with Gasteiger partial charge in [-0.25, -0.2) is 9.97 Å². The number of H-pyrrole nitrogens is 3. The normalized spacial score (nSPS) is 18.9. The molecule has 3 atom stereocenters. The van der Waals surface area contributed by atoms with Crippen molar-refractivity contribution in [3.05, 3.63) is 68.1 Å². The molecule has 0 saturated carbocycles. The van der Waals surface area contributed by atoms with Crippen molar-refractivity contribution in [1.29, 1.82) is 0 Å². The fourth-order valence-corrected chi connectivity index (χ4v) is 5.64. The number of aromatic amines is 3. The van der Waals surface area contributed by atoms with Crippen LogP contribution >= 0.6 is 31.9 Å². The average molecular weight is 634 g/mol. The highest BCUT2D eigenvalue weighted by Crippen LogP contribution is 2.42. The predicted molar refractivity (Wildman–Crippen MR) is 145 cm³/mol. The minimum absolute atomic E-state index is 0.0651. The van der Waals surface area contributed by atoms with E-state index in [1.807, 2.05) is 13.1 Å². The SMILES string of the molecule is Cn1c(Br)ccc1C(=O)NC[C@@H]1[C@@H](CNC(=O)c2cc(Br)c[nH]2)Cc2[nH]c(N)nc2[C@H]1c1cnc(N)[nH]1. The van der Waals surface area contributed by atoms with E-state index in [0.717, 1.165) is 26.2 Å². The van der Waals surface area contributed by atoms with Gasteiger partial charge in [-0.05, 0) is 68.3 Å². The summed E-state index contributed by atoms with van der Waals surface area (Å²) in [5.74, 6) is -0.349. The fourth-order valence-electron chi connectivity index (χ4n) is 4.97. The van der Waals surface area contributed by atoms with Gasteiger partial charge in [-0.3, -0.25) is 9.59 Å². The first-order valence-electron chi connectivity index (χ1n) is 11.6. The van der Waals surface area contributed by atoms with Gasteiger partial charge in [0.1, 0.15) is 11.4 Å². The van der Waals surface area contributed by atoms with E-state index in [9.17, 15) is 9.59 Å². The quantitative estimate of drug-likeness (QED) is 0.163. The third-order valence-electron chi connectivity index (χ3n) is 6.78. The Morgan fingerprint density at radius 1 is 1.14 bits per heavy atom. The highest BCUT2D eigenvalue weighted by atomic mass is 79.9. The molecule has 0 spiro atoms. The molecule has 0 fully saturated rings. The lowest BCUT2D eigenvalue weighted by Crippen LogP contribution is -2.44. The maximum atomic E-state index is 13.1. The number of nitrogen functional groups attached to an aromatic ring is 2. The van der Waals surface area contributed by atoms with Gasteiger partial charge < -0.3 is 41.6 Å². The Morgan fingerprint density at radius 3 is 2.57 bits per heavy atom. The standard InChI is InChI=1S/C23H26Br2N10O2/c1-35-16(2-3-17(35)25)21(37)30-8-12-10(6-29-20(36)14-5-11(24)7-28-14)4-13-19(34-23(27)32-13)18(12)15-9-31-22(26)33-15/h2-3,5,7,9-10,12,18,28H,4,6,8H2,1H3,(H,29,36)(H,30,37)(H3,26,31,33)(H3,27,32,34)/t10-,12-,18-/m1/s1. The number of amides is 2. The number of carbonyl (C=O) groups is 2. The number of rotatable bonds is 7. The van der Waals surface area contributed by atoms with Crippen molar-refractivity contribution in [3.63, 3.8) is 0 Å². The summed E-state index contributed by atoms with van der Waals surface area (Å²) >= 11 is 6.78. The number of anilines is 2. The smallest absolute Gasteiger partial charge is 0.267 e. The summed E-state index contributed by atoms with van der Waals surface area (Å²) in [7, 11) is 1.81. The maximum Gasteiger partial charge on any atom is 0.267 e. The number of hydrogen-bond donors (Lipinski definition) is 7. The first-order chi connectivity index (χ1) is 17.7. The predicted octanol–water partition coefficient (Wildman–Crippen LogP) is 2.27. The Kier molecular flexibility index (Phi) is 6.86. The number of carbonyl (C=O) groups excluding carboxylic acids is 2. The molecule has 2 amide bonds. The van der Waals surface area contributed by atoms with Crippen molar-refractivity contribution in [2.75, 3.05) is 24.6 Å². The molecule has 0 aromatic carbocycles. The third kappa shape index (κ3) is 5.03. The van der Waals surface area contributed by atoms with Crippen LogP contribution in [0.25, 0.3) is 0 Å². The van der Waals surface area contributed by atoms with Crippen LogP contribution in [0, 0.1) is 11.8 Å². The third-order valence-corrected chi connectivity index (χ3v) is 8.04. The van der Waals surface area contributed by atoms with Gasteiger partial charge >= 0.3 is 0 Å². The summed E-state index contributed by atoms with van der Waals surface area (Å²) in [6.45, 7) is 0.691. The van der Waals surface area contributed by atoms with Crippen molar-refractivity contribution < 1.29 is 9.59 Å². The van der Waals surface area contributed by atoms with Crippen LogP contribution in [0.3, 0.4) is 0 Å². The van der Waals surface area contributed by atoms with Crippen LogP contribution in [0.4, 0.5) is 11.9 Å². The Bertz CT molecular complexity index is 1450. The molecule has 194 valence electrons. The summed E-state index contributed by atoms with van der Waals surface area (Å²) in [4.78, 5) is 43.8. The van der Waals surface area contributed by atoms with Crippen LogP contribution in [0.5, 0.6) is 0 Å². The van der Waals surface area contributed by atoms with Crippen molar-refractivity contribution in [2.45, 2.75) is 12.3 Å². The Morgan fingerprint density at radius 2 is 1.92 bits per heavy atom. The molecule has 1 aliphatic carbocycles. The van der Waals surface area contributed by atoms with Crippen LogP contribution in [0.2, 0.25) is 0 Å². The molecule has 14 heteroatoms. The zero-order valence-corrected chi connectivity index (χ0v) is 23.0. The van der Waals surface area contributed by atoms with Crippen molar-refractivity contribution >= 4 is 55.6 Å². The number of hydrogen-bond acceptors (Lipinski definition) is 6. The van der Waals surface area contributed by atoms with E-state index in [2.05, 4.69) is 67.4 Å². The van der Waals surface area contributed by atoms with Gasteiger partial charge in [-0.15, -0.1) is 0 Å². The van der Waals surface area contributed by atoms with Gasteiger partial charge in [0.15, 0.2) is 11.9 Å². The highest BCUT2D eigenvalue weighted by Gasteiger charge is 2.41. The van der Waals surface area contributed by atoms with Crippen molar-refractivity contribution in [1.82, 2.24) is 40.1 Å². The second kappa shape index (κ2) is 10.1. The molecule has 4 heterocycles. The Hall–Kier alpha value is -3.52. The summed E-state index contributed by atoms with van der Waals surface area (Å²) in [5, 5.41) is 6.11. The first-order valence-corrected chi connectivity index (χ1v) is 13.2. The molecule has 37 heavy (non-hydrogen) atoms. The number of nitrogens with two attached hydrogens (primary N) is 2. The molecule has 9 N–H and O–H groups in total. The van der Waals surface area contributed by atoms with Gasteiger partial charge in [0.2, 0.25) is 0 Å². The number of imidazole rings is 2. The minimum atomic E-state index is -0.288. The molecule has 0 bridgehead atoms. The Labute approximate surface area is 228 Å². The van der Waals surface area contributed by atoms with Gasteiger partial charge in [0.25, 0.3) is 11.8 Å². The van der Waals surface area contributed by atoms with Gasteiger partial charge in [0, 0.05) is 48.1 Å². The topological polar surface area (TPSA) is 188 Å². The van der Waals surface area contributed by atoms with Crippen LogP contribution in [-0.2, 0) is 13.5 Å². The average Bonchev–Trinajstić information content (AvgIpc) is 3.64.